The molecule has 0 bridgehead atoms. The Kier molecular flexibility index (Phi) is 6.17. The molecule has 0 aromatic heterocycles. The highest BCUT2D eigenvalue weighted by Crippen LogP contribution is 2.56. The van der Waals surface area contributed by atoms with Gasteiger partial charge < -0.3 is 0 Å². The van der Waals surface area contributed by atoms with Crippen molar-refractivity contribution in [1.82, 2.24) is 0 Å². The molecule has 0 spiro atoms. The van der Waals surface area contributed by atoms with Gasteiger partial charge in [-0.3, -0.25) is 0 Å². The number of allylic oxidation sites excluding steroid dienone is 4. The van der Waals surface area contributed by atoms with Crippen LogP contribution in [0.4, 0.5) is 0 Å². The van der Waals surface area contributed by atoms with Crippen molar-refractivity contribution in [3.05, 3.63) is 148 Å². The second-order valence-electron chi connectivity index (χ2n) is 17.1. The fourth-order valence-electron chi connectivity index (χ4n) is 10.0. The van der Waals surface area contributed by atoms with Crippen LogP contribution in [0.25, 0.3) is 60.5 Å². The van der Waals surface area contributed by atoms with Gasteiger partial charge in [-0.15, -0.1) is 0 Å². The zero-order chi connectivity index (χ0) is 34.2. The Balaban J connectivity index is 1.53. The Morgan fingerprint density at radius 3 is 1.43 bits per heavy atom. The van der Waals surface area contributed by atoms with Crippen LogP contribution in [0.1, 0.15) is 93.8 Å². The molecule has 0 atom stereocenters. The molecule has 6 aromatic carbocycles. The molecule has 0 heteroatoms. The lowest BCUT2D eigenvalue weighted by molar-refractivity contribution is 0.472. The SMILES string of the molecule is CC1=CC(c2c3cc4c(cc3c(-c3cc(C)cc(C)c3)c3cc5c(cc23)C(C)(C)c2ccccc2-5)-c2ccccc2C4(C)C)=CC(C)(C)C1. The monoisotopic (exact) mass is 634 g/mol. The van der Waals surface area contributed by atoms with Crippen LogP contribution in [0, 0.1) is 19.3 Å². The summed E-state index contributed by atoms with van der Waals surface area (Å²) in [6.07, 6.45) is 6.13. The molecule has 0 amide bonds. The third kappa shape index (κ3) is 4.29. The Hall–Kier alpha value is -4.68. The van der Waals surface area contributed by atoms with Gasteiger partial charge in [0.2, 0.25) is 0 Å². The average molecular weight is 635 g/mol. The van der Waals surface area contributed by atoms with E-state index in [0.29, 0.717) is 0 Å². The maximum atomic E-state index is 2.59. The minimum Gasteiger partial charge on any atom is -0.0719 e. The highest BCUT2D eigenvalue weighted by atomic mass is 14.4. The molecule has 9 rings (SSSR count). The first-order chi connectivity index (χ1) is 23.2. The van der Waals surface area contributed by atoms with Gasteiger partial charge in [-0.25, -0.2) is 0 Å². The Morgan fingerprint density at radius 2 is 0.939 bits per heavy atom. The summed E-state index contributed by atoms with van der Waals surface area (Å²) in [5.41, 5.74) is 20.6. The van der Waals surface area contributed by atoms with Gasteiger partial charge in [0.05, 0.1) is 0 Å². The standard InChI is InChI=1S/C49H46/c1-28-18-29(2)20-31(19-28)45-37-22-35-33-14-10-12-16-41(33)48(6,7)43(35)24-39(37)46(32-21-30(3)26-47(4,5)27-32)40-25-44-36(23-38(40)45)34-15-11-13-17-42(34)49(44,8)9/h10-25,27H,26H2,1-9H3. The first-order valence-electron chi connectivity index (χ1n) is 18.1. The summed E-state index contributed by atoms with van der Waals surface area (Å²) in [5.74, 6) is 0. The highest BCUT2D eigenvalue weighted by Gasteiger charge is 2.39. The van der Waals surface area contributed by atoms with Crippen molar-refractivity contribution in [3.63, 3.8) is 0 Å². The summed E-state index contributed by atoms with van der Waals surface area (Å²) in [6.45, 7) is 21.2. The van der Waals surface area contributed by atoms with Crippen molar-refractivity contribution >= 4 is 27.1 Å². The van der Waals surface area contributed by atoms with Crippen LogP contribution in [0.2, 0.25) is 0 Å². The van der Waals surface area contributed by atoms with E-state index in [1.165, 1.54) is 105 Å². The Bertz CT molecular complexity index is 2360. The molecule has 0 N–H and O–H groups in total. The molecule has 0 radical (unpaired) electrons. The average Bonchev–Trinajstić information content (AvgIpc) is 3.39. The molecule has 49 heavy (non-hydrogen) atoms. The maximum absolute atomic E-state index is 2.59. The van der Waals surface area contributed by atoms with Gasteiger partial charge in [-0.05, 0) is 145 Å². The van der Waals surface area contributed by atoms with Gasteiger partial charge in [0.1, 0.15) is 0 Å². The van der Waals surface area contributed by atoms with E-state index in [0.717, 1.165) is 6.42 Å². The van der Waals surface area contributed by atoms with E-state index in [1.54, 1.807) is 0 Å². The molecule has 242 valence electrons. The van der Waals surface area contributed by atoms with Gasteiger partial charge in [-0.1, -0.05) is 137 Å². The predicted molar refractivity (Wildman–Crippen MR) is 212 cm³/mol. The van der Waals surface area contributed by atoms with Crippen LogP contribution < -0.4 is 0 Å². The summed E-state index contributed by atoms with van der Waals surface area (Å²) in [7, 11) is 0. The quantitative estimate of drug-likeness (QED) is 0.166. The number of benzene rings is 6. The first kappa shape index (κ1) is 30.4. The number of fused-ring (bicyclic) bond motifs is 8. The lowest BCUT2D eigenvalue weighted by atomic mass is 9.74. The maximum Gasteiger partial charge on any atom is 0.0159 e. The molecule has 0 saturated carbocycles. The van der Waals surface area contributed by atoms with Gasteiger partial charge in [0, 0.05) is 10.8 Å². The topological polar surface area (TPSA) is 0 Å². The second-order valence-corrected chi connectivity index (χ2v) is 17.1. The minimum atomic E-state index is -0.0834. The van der Waals surface area contributed by atoms with Gasteiger partial charge in [0.25, 0.3) is 0 Å². The third-order valence-electron chi connectivity index (χ3n) is 12.0. The molecule has 6 aromatic rings. The van der Waals surface area contributed by atoms with Crippen LogP contribution in [-0.4, -0.2) is 0 Å². The van der Waals surface area contributed by atoms with Crippen molar-refractivity contribution in [1.29, 1.82) is 0 Å². The molecule has 0 nitrogen and oxygen atoms in total. The molecule has 3 aliphatic carbocycles. The van der Waals surface area contributed by atoms with Crippen LogP contribution in [0.3, 0.4) is 0 Å². The van der Waals surface area contributed by atoms with Crippen LogP contribution in [-0.2, 0) is 10.8 Å². The molecule has 0 fully saturated rings. The first-order valence-corrected chi connectivity index (χ1v) is 18.1. The number of hydrogen-bond acceptors (Lipinski definition) is 0. The molecular formula is C49H46. The third-order valence-corrected chi connectivity index (χ3v) is 12.0. The zero-order valence-corrected chi connectivity index (χ0v) is 30.5. The number of hydrogen-bond donors (Lipinski definition) is 0. The lowest BCUT2D eigenvalue weighted by Gasteiger charge is -2.29. The van der Waals surface area contributed by atoms with Crippen LogP contribution in [0.5, 0.6) is 0 Å². The van der Waals surface area contributed by atoms with Crippen molar-refractivity contribution in [2.24, 2.45) is 5.41 Å². The molecule has 0 heterocycles. The van der Waals surface area contributed by atoms with E-state index in [-0.39, 0.29) is 16.2 Å². The molecule has 0 saturated heterocycles. The van der Waals surface area contributed by atoms with Crippen molar-refractivity contribution in [3.8, 4) is 33.4 Å². The summed E-state index contributed by atoms with van der Waals surface area (Å²) >= 11 is 0. The molecular weight excluding hydrogens is 589 g/mol. The summed E-state index contributed by atoms with van der Waals surface area (Å²) in [5, 5.41) is 5.42. The smallest absolute Gasteiger partial charge is 0.0159 e. The van der Waals surface area contributed by atoms with Gasteiger partial charge in [0.15, 0.2) is 0 Å². The lowest BCUT2D eigenvalue weighted by Crippen LogP contribution is -2.16. The molecule has 0 unspecified atom stereocenters. The predicted octanol–water partition coefficient (Wildman–Crippen LogP) is 13.6. The molecule has 3 aliphatic rings. The highest BCUT2D eigenvalue weighted by molar-refractivity contribution is 6.22. The van der Waals surface area contributed by atoms with E-state index in [4.69, 9.17) is 0 Å². The minimum absolute atomic E-state index is 0.0810. The Labute approximate surface area is 292 Å². The van der Waals surface area contributed by atoms with E-state index < -0.39 is 0 Å². The fourth-order valence-corrected chi connectivity index (χ4v) is 10.0. The molecule has 0 aliphatic heterocycles. The van der Waals surface area contributed by atoms with Gasteiger partial charge in [-0.2, -0.15) is 0 Å². The van der Waals surface area contributed by atoms with Crippen molar-refractivity contribution in [2.45, 2.75) is 79.6 Å². The van der Waals surface area contributed by atoms with E-state index >= 15 is 0 Å². The summed E-state index contributed by atoms with van der Waals surface area (Å²) in [6, 6.07) is 35.6. The summed E-state index contributed by atoms with van der Waals surface area (Å²) < 4.78 is 0. The number of rotatable bonds is 2. The summed E-state index contributed by atoms with van der Waals surface area (Å²) in [4.78, 5) is 0. The van der Waals surface area contributed by atoms with Crippen LogP contribution in [0.15, 0.2) is 109 Å². The van der Waals surface area contributed by atoms with Crippen molar-refractivity contribution < 1.29 is 0 Å². The van der Waals surface area contributed by atoms with Crippen molar-refractivity contribution in [2.75, 3.05) is 0 Å². The number of aryl methyl sites for hydroxylation is 2. The zero-order valence-electron chi connectivity index (χ0n) is 30.5. The van der Waals surface area contributed by atoms with Gasteiger partial charge >= 0.3 is 0 Å². The normalized spacial score (nSPS) is 17.7. The second kappa shape index (κ2) is 9.95. The van der Waals surface area contributed by atoms with Crippen LogP contribution >= 0.6 is 0 Å². The Morgan fingerprint density at radius 1 is 0.469 bits per heavy atom. The van der Waals surface area contributed by atoms with E-state index in [2.05, 4.69) is 165 Å². The van der Waals surface area contributed by atoms with E-state index in [9.17, 15) is 0 Å². The van der Waals surface area contributed by atoms with E-state index in [1.807, 2.05) is 0 Å². The largest absolute Gasteiger partial charge is 0.0719 e. The fraction of sp³-hybridized carbons (Fsp3) is 0.265.